The first kappa shape index (κ1) is 42.7. The molecule has 0 amide bonds. The van der Waals surface area contributed by atoms with Crippen molar-refractivity contribution in [3.05, 3.63) is 24.3 Å². The first-order valence-corrected chi connectivity index (χ1v) is 8.44. The molecule has 0 rings (SSSR count). The first-order chi connectivity index (χ1) is 9.20. The lowest BCUT2D eigenvalue weighted by atomic mass is 10.3. The van der Waals surface area contributed by atoms with Crippen LogP contribution in [0.2, 0.25) is 0 Å². The highest BCUT2D eigenvalue weighted by Gasteiger charge is 1.68. The van der Waals surface area contributed by atoms with Crippen molar-refractivity contribution in [2.24, 2.45) is 5.92 Å². The van der Waals surface area contributed by atoms with Crippen LogP contribution in [0, 0.1) is 5.92 Å². The Bertz CT molecular complexity index is 84.5. The van der Waals surface area contributed by atoms with E-state index in [9.17, 15) is 0 Å². The van der Waals surface area contributed by atoms with Gasteiger partial charge in [-0.3, -0.25) is 0 Å². The van der Waals surface area contributed by atoms with Crippen molar-refractivity contribution in [1.29, 1.82) is 0 Å². The molecule has 0 unspecified atom stereocenters. The highest BCUT2D eigenvalue weighted by atomic mass is 13.7. The van der Waals surface area contributed by atoms with Gasteiger partial charge in [-0.25, -0.2) is 0 Å². The minimum Gasteiger partial charge on any atom is -0.100 e. The van der Waals surface area contributed by atoms with Crippen LogP contribution in [-0.4, -0.2) is 0 Å². The molecule has 130 valence electrons. The molecule has 0 aromatic carbocycles. The van der Waals surface area contributed by atoms with Crippen molar-refractivity contribution in [2.45, 2.75) is 104 Å². The van der Waals surface area contributed by atoms with E-state index in [-0.39, 0.29) is 0 Å². The third kappa shape index (κ3) is 17600. The van der Waals surface area contributed by atoms with E-state index in [0.29, 0.717) is 0 Å². The van der Waals surface area contributed by atoms with Crippen LogP contribution in [0.3, 0.4) is 0 Å². The van der Waals surface area contributed by atoms with Gasteiger partial charge < -0.3 is 0 Å². The minimum atomic E-state index is 0.833. The molecule has 0 spiro atoms. The van der Waals surface area contributed by atoms with Gasteiger partial charge in [-0.15, -0.1) is 13.2 Å². The smallest absolute Gasteiger partial charge is 0.0445 e. The summed E-state index contributed by atoms with van der Waals surface area (Å²) >= 11 is 0. The van der Waals surface area contributed by atoms with Gasteiger partial charge in [0.25, 0.3) is 0 Å². The van der Waals surface area contributed by atoms with Crippen LogP contribution in [0.15, 0.2) is 24.3 Å². The van der Waals surface area contributed by atoms with Crippen LogP contribution in [0.1, 0.15) is 104 Å². The molecule has 0 radical (unpaired) electrons. The van der Waals surface area contributed by atoms with Crippen molar-refractivity contribution in [2.75, 3.05) is 0 Å². The van der Waals surface area contributed by atoms with Gasteiger partial charge in [-0.05, 0) is 33.6 Å². The normalized spacial score (nSPS) is 5.60. The molecule has 0 aliphatic heterocycles. The molecule has 0 heterocycles. The lowest BCUT2D eigenvalue weighted by Crippen LogP contribution is -1.66. The third-order valence-electron chi connectivity index (χ3n) is 0. The van der Waals surface area contributed by atoms with E-state index in [0.717, 1.165) is 5.92 Å². The quantitative estimate of drug-likeness (QED) is 0.390. The van der Waals surface area contributed by atoms with Crippen molar-refractivity contribution < 1.29 is 0 Å². The Hall–Kier alpha value is -0.520. The summed E-state index contributed by atoms with van der Waals surface area (Å²) in [6, 6.07) is 0. The summed E-state index contributed by atoms with van der Waals surface area (Å²) in [5.41, 5.74) is 2.33. The molecular formula is C20H50. The summed E-state index contributed by atoms with van der Waals surface area (Å²) in [6.45, 7) is 37.5. The lowest BCUT2D eigenvalue weighted by molar-refractivity contribution is 0.737. The van der Waals surface area contributed by atoms with Gasteiger partial charge in [0.05, 0.1) is 0 Å². The van der Waals surface area contributed by atoms with Crippen LogP contribution in [0.5, 0.6) is 0 Å². The molecule has 0 fully saturated rings. The number of hydrogen-bond acceptors (Lipinski definition) is 0. The molecule has 20 heavy (non-hydrogen) atoms. The van der Waals surface area contributed by atoms with Gasteiger partial charge in [0.15, 0.2) is 0 Å². The molecule has 0 N–H and O–H groups in total. The second kappa shape index (κ2) is 78.5. The van der Waals surface area contributed by atoms with Crippen molar-refractivity contribution in [3.63, 3.8) is 0 Å². The summed E-state index contributed by atoms with van der Waals surface area (Å²) in [7, 11) is 0. The fourth-order valence-electron chi connectivity index (χ4n) is 0. The van der Waals surface area contributed by atoms with Crippen LogP contribution < -0.4 is 0 Å². The predicted molar refractivity (Wildman–Crippen MR) is 107 cm³/mol. The van der Waals surface area contributed by atoms with Gasteiger partial charge in [-0.2, -0.15) is 0 Å². The number of rotatable bonds is 0. The molecule has 0 atom stereocenters. The molecule has 0 aromatic rings. The maximum absolute atomic E-state index is 3.56. The Kier molecular flexibility index (Phi) is 168. The Morgan fingerprint density at radius 1 is 0.500 bits per heavy atom. The molecular weight excluding hydrogens is 240 g/mol. The maximum Gasteiger partial charge on any atom is -0.0445 e. The summed E-state index contributed by atoms with van der Waals surface area (Å²) in [5, 5.41) is 0. The van der Waals surface area contributed by atoms with Gasteiger partial charge >= 0.3 is 0 Å². The molecule has 0 saturated carbocycles. The molecule has 0 aliphatic carbocycles. The SMILES string of the molecule is C=C(C)C.C=C(C)C.CC.CC.CC.CC.CC(C)C. The molecule has 0 aromatic heterocycles. The second-order valence-electron chi connectivity index (χ2n) is 4.15. The van der Waals surface area contributed by atoms with E-state index in [2.05, 4.69) is 33.9 Å². The average Bonchev–Trinajstić information content (AvgIpc) is 2.36. The Labute approximate surface area is 134 Å². The number of hydrogen-bond donors (Lipinski definition) is 0. The Balaban J connectivity index is -0.0000000204. The van der Waals surface area contributed by atoms with Crippen molar-refractivity contribution in [1.82, 2.24) is 0 Å². The fourth-order valence-corrected chi connectivity index (χ4v) is 0. The van der Waals surface area contributed by atoms with Gasteiger partial charge in [0.2, 0.25) is 0 Å². The summed E-state index contributed by atoms with van der Waals surface area (Å²) in [4.78, 5) is 0. The van der Waals surface area contributed by atoms with Crippen LogP contribution in [0.25, 0.3) is 0 Å². The van der Waals surface area contributed by atoms with Gasteiger partial charge in [-0.1, -0.05) is 87.3 Å². The standard InChI is InChI=1S/C4H10.2C4H8.4C2H6/c3*1-4(2)3;4*1-2/h4H,1-3H3;2*1H2,2-3H3;4*1-2H3. The first-order valence-electron chi connectivity index (χ1n) is 8.44. The molecule has 0 bridgehead atoms. The van der Waals surface area contributed by atoms with Crippen molar-refractivity contribution >= 4 is 0 Å². The Morgan fingerprint density at radius 2 is 0.500 bits per heavy atom. The largest absolute Gasteiger partial charge is 0.100 e. The van der Waals surface area contributed by atoms with E-state index < -0.39 is 0 Å². The zero-order valence-corrected chi connectivity index (χ0v) is 18.0. The monoisotopic (exact) mass is 290 g/mol. The van der Waals surface area contributed by atoms with Crippen LogP contribution >= 0.6 is 0 Å². The van der Waals surface area contributed by atoms with Crippen LogP contribution in [-0.2, 0) is 0 Å². The van der Waals surface area contributed by atoms with E-state index in [1.54, 1.807) is 0 Å². The topological polar surface area (TPSA) is 0 Å². The average molecular weight is 291 g/mol. The summed E-state index contributed by atoms with van der Waals surface area (Å²) in [6.07, 6.45) is 0. The minimum absolute atomic E-state index is 0.833. The zero-order valence-electron chi connectivity index (χ0n) is 18.0. The fraction of sp³-hybridized carbons (Fsp3) is 0.800. The predicted octanol–water partition coefficient (Wildman–Crippen LogP) is 8.93. The van der Waals surface area contributed by atoms with Gasteiger partial charge in [0, 0.05) is 0 Å². The van der Waals surface area contributed by atoms with E-state index in [1.807, 2.05) is 83.1 Å². The van der Waals surface area contributed by atoms with E-state index >= 15 is 0 Å². The zero-order chi connectivity index (χ0) is 18.7. The summed E-state index contributed by atoms with van der Waals surface area (Å²) < 4.78 is 0. The second-order valence-corrected chi connectivity index (χ2v) is 4.15. The Morgan fingerprint density at radius 3 is 0.500 bits per heavy atom. The third-order valence-corrected chi connectivity index (χ3v) is 0. The van der Waals surface area contributed by atoms with Gasteiger partial charge in [0.1, 0.15) is 0 Å². The maximum atomic E-state index is 3.56. The molecule has 0 saturated heterocycles. The number of allylic oxidation sites excluding steroid dienone is 2. The van der Waals surface area contributed by atoms with Crippen LogP contribution in [0.4, 0.5) is 0 Å². The molecule has 0 aliphatic rings. The highest BCUT2D eigenvalue weighted by molar-refractivity contribution is 4.79. The highest BCUT2D eigenvalue weighted by Crippen LogP contribution is 1.81. The summed E-state index contributed by atoms with van der Waals surface area (Å²) in [5.74, 6) is 0.833. The molecule has 0 heteroatoms. The molecule has 0 nitrogen and oxygen atoms in total. The van der Waals surface area contributed by atoms with E-state index in [4.69, 9.17) is 0 Å². The van der Waals surface area contributed by atoms with E-state index in [1.165, 1.54) is 11.1 Å². The van der Waals surface area contributed by atoms with Crippen molar-refractivity contribution in [3.8, 4) is 0 Å². The lowest BCUT2D eigenvalue weighted by Gasteiger charge is -1.79.